The van der Waals surface area contributed by atoms with Crippen LogP contribution in [0.5, 0.6) is 5.75 Å². The summed E-state index contributed by atoms with van der Waals surface area (Å²) in [5.41, 5.74) is 1.44. The number of carbonyl (C=O) groups excluding carboxylic acids is 2. The standard InChI is InChI=1S/C19H17FN2O3/c20-15-4-2-1-3-13(15)10-22(14-6-7-14)19(24)12-5-8-17-16(9-12)21-18(23)11-25-17/h1-5,8-9,14H,6-7,10-11H2,(H,21,23). The number of hydrogen-bond donors (Lipinski definition) is 1. The van der Waals surface area contributed by atoms with Gasteiger partial charge in [0.25, 0.3) is 11.8 Å². The van der Waals surface area contributed by atoms with Gasteiger partial charge in [-0.3, -0.25) is 9.59 Å². The quantitative estimate of drug-likeness (QED) is 0.931. The van der Waals surface area contributed by atoms with Crippen LogP contribution in [0.3, 0.4) is 0 Å². The SMILES string of the molecule is O=C1COc2ccc(C(=O)N(Cc3ccccc3F)C3CC3)cc2N1. The molecule has 1 N–H and O–H groups in total. The Labute approximate surface area is 144 Å². The fourth-order valence-corrected chi connectivity index (χ4v) is 2.95. The lowest BCUT2D eigenvalue weighted by atomic mass is 10.1. The summed E-state index contributed by atoms with van der Waals surface area (Å²) < 4.78 is 19.3. The molecule has 0 atom stereocenters. The van der Waals surface area contributed by atoms with Crippen LogP contribution in [-0.4, -0.2) is 29.4 Å². The maximum atomic E-state index is 14.0. The fraction of sp³-hybridized carbons (Fsp3) is 0.263. The van der Waals surface area contributed by atoms with Crippen molar-refractivity contribution in [1.29, 1.82) is 0 Å². The zero-order valence-corrected chi connectivity index (χ0v) is 13.5. The van der Waals surface area contributed by atoms with Crippen molar-refractivity contribution in [2.24, 2.45) is 0 Å². The number of ether oxygens (including phenoxy) is 1. The Morgan fingerprint density at radius 1 is 1.24 bits per heavy atom. The molecule has 25 heavy (non-hydrogen) atoms. The highest BCUT2D eigenvalue weighted by atomic mass is 19.1. The molecule has 6 heteroatoms. The van der Waals surface area contributed by atoms with Crippen LogP contribution in [0.15, 0.2) is 42.5 Å². The molecule has 0 radical (unpaired) electrons. The van der Waals surface area contributed by atoms with E-state index in [9.17, 15) is 14.0 Å². The molecule has 1 aliphatic carbocycles. The Balaban J connectivity index is 1.60. The number of amides is 2. The number of nitrogens with one attached hydrogen (secondary N) is 1. The first-order chi connectivity index (χ1) is 12.1. The first kappa shape index (κ1) is 15.6. The molecule has 2 aromatic carbocycles. The lowest BCUT2D eigenvalue weighted by Crippen LogP contribution is -2.33. The van der Waals surface area contributed by atoms with Crippen LogP contribution in [-0.2, 0) is 11.3 Å². The van der Waals surface area contributed by atoms with Crippen LogP contribution >= 0.6 is 0 Å². The van der Waals surface area contributed by atoms with Crippen LogP contribution in [0.25, 0.3) is 0 Å². The Morgan fingerprint density at radius 3 is 2.80 bits per heavy atom. The number of hydrogen-bond acceptors (Lipinski definition) is 3. The number of anilines is 1. The van der Waals surface area contributed by atoms with Crippen LogP contribution in [0, 0.1) is 5.82 Å². The Hall–Kier alpha value is -2.89. The Kier molecular flexibility index (Phi) is 3.87. The molecule has 0 spiro atoms. The van der Waals surface area contributed by atoms with Crippen molar-refractivity contribution < 1.29 is 18.7 Å². The second-order valence-electron chi connectivity index (χ2n) is 6.30. The van der Waals surface area contributed by atoms with Gasteiger partial charge in [0.1, 0.15) is 11.6 Å². The molecule has 0 saturated heterocycles. The van der Waals surface area contributed by atoms with E-state index in [1.807, 2.05) is 0 Å². The molecule has 5 nitrogen and oxygen atoms in total. The van der Waals surface area contributed by atoms with Crippen molar-refractivity contribution in [3.63, 3.8) is 0 Å². The lowest BCUT2D eigenvalue weighted by molar-refractivity contribution is -0.118. The molecule has 4 rings (SSSR count). The van der Waals surface area contributed by atoms with Gasteiger partial charge in [-0.15, -0.1) is 0 Å². The molecule has 2 aliphatic rings. The van der Waals surface area contributed by atoms with Crippen molar-refractivity contribution in [2.45, 2.75) is 25.4 Å². The largest absolute Gasteiger partial charge is 0.482 e. The number of halogens is 1. The molecular weight excluding hydrogens is 323 g/mol. The molecule has 1 fully saturated rings. The van der Waals surface area contributed by atoms with Crippen LogP contribution in [0.1, 0.15) is 28.8 Å². The predicted molar refractivity (Wildman–Crippen MR) is 89.9 cm³/mol. The Bertz CT molecular complexity index is 848. The lowest BCUT2D eigenvalue weighted by Gasteiger charge is -2.24. The van der Waals surface area contributed by atoms with E-state index < -0.39 is 0 Å². The first-order valence-electron chi connectivity index (χ1n) is 8.23. The van der Waals surface area contributed by atoms with Crippen molar-refractivity contribution >= 4 is 17.5 Å². The second-order valence-corrected chi connectivity index (χ2v) is 6.30. The average molecular weight is 340 g/mol. The van der Waals surface area contributed by atoms with Gasteiger partial charge in [0, 0.05) is 23.7 Å². The average Bonchev–Trinajstić information content (AvgIpc) is 3.45. The van der Waals surface area contributed by atoms with Gasteiger partial charge in [-0.1, -0.05) is 18.2 Å². The molecule has 2 amide bonds. The van der Waals surface area contributed by atoms with Crippen LogP contribution in [0.2, 0.25) is 0 Å². The predicted octanol–water partition coefficient (Wildman–Crippen LogP) is 2.96. The zero-order valence-electron chi connectivity index (χ0n) is 13.5. The summed E-state index contributed by atoms with van der Waals surface area (Å²) in [4.78, 5) is 26.1. The maximum absolute atomic E-state index is 14.0. The topological polar surface area (TPSA) is 58.6 Å². The summed E-state index contributed by atoms with van der Waals surface area (Å²) in [5.74, 6) is -0.189. The summed E-state index contributed by atoms with van der Waals surface area (Å²) in [7, 11) is 0. The van der Waals surface area contributed by atoms with Gasteiger partial charge in [-0.05, 0) is 37.1 Å². The monoisotopic (exact) mass is 340 g/mol. The van der Waals surface area contributed by atoms with Crippen molar-refractivity contribution in [1.82, 2.24) is 4.90 Å². The number of carbonyl (C=O) groups is 2. The number of rotatable bonds is 4. The highest BCUT2D eigenvalue weighted by molar-refractivity contribution is 6.00. The molecule has 128 valence electrons. The van der Waals surface area contributed by atoms with Crippen molar-refractivity contribution in [3.05, 3.63) is 59.4 Å². The summed E-state index contributed by atoms with van der Waals surface area (Å²) in [5, 5.41) is 2.70. The summed E-state index contributed by atoms with van der Waals surface area (Å²) in [6.07, 6.45) is 1.84. The molecule has 0 bridgehead atoms. The number of fused-ring (bicyclic) bond motifs is 1. The fourth-order valence-electron chi connectivity index (χ4n) is 2.95. The van der Waals surface area contributed by atoms with E-state index in [1.54, 1.807) is 41.3 Å². The smallest absolute Gasteiger partial charge is 0.262 e. The molecule has 1 aliphatic heterocycles. The molecule has 2 aromatic rings. The minimum atomic E-state index is -0.313. The van der Waals surface area contributed by atoms with E-state index >= 15 is 0 Å². The van der Waals surface area contributed by atoms with Gasteiger partial charge < -0.3 is 15.0 Å². The molecular formula is C19H17FN2O3. The maximum Gasteiger partial charge on any atom is 0.262 e. The third-order valence-corrected chi connectivity index (χ3v) is 4.41. The number of nitrogens with zero attached hydrogens (tertiary/aromatic N) is 1. The van der Waals surface area contributed by atoms with E-state index in [4.69, 9.17) is 4.74 Å². The molecule has 0 aromatic heterocycles. The first-order valence-corrected chi connectivity index (χ1v) is 8.23. The van der Waals surface area contributed by atoms with Crippen LogP contribution in [0.4, 0.5) is 10.1 Å². The summed E-state index contributed by atoms with van der Waals surface area (Å²) >= 11 is 0. The van der Waals surface area contributed by atoms with Gasteiger partial charge in [0.05, 0.1) is 5.69 Å². The normalized spacial score (nSPS) is 15.8. The van der Waals surface area contributed by atoms with Gasteiger partial charge in [-0.25, -0.2) is 4.39 Å². The molecule has 0 unspecified atom stereocenters. The highest BCUT2D eigenvalue weighted by Crippen LogP contribution is 2.33. The third kappa shape index (κ3) is 3.20. The van der Waals surface area contributed by atoms with E-state index in [2.05, 4.69) is 5.32 Å². The van der Waals surface area contributed by atoms with Crippen LogP contribution < -0.4 is 10.1 Å². The van der Waals surface area contributed by atoms with Crippen molar-refractivity contribution in [3.8, 4) is 5.75 Å². The van der Waals surface area contributed by atoms with Crippen molar-refractivity contribution in [2.75, 3.05) is 11.9 Å². The highest BCUT2D eigenvalue weighted by Gasteiger charge is 2.34. The minimum Gasteiger partial charge on any atom is -0.482 e. The summed E-state index contributed by atoms with van der Waals surface area (Å²) in [6, 6.07) is 11.6. The zero-order chi connectivity index (χ0) is 17.4. The van der Waals surface area contributed by atoms with Gasteiger partial charge in [0.2, 0.25) is 0 Å². The van der Waals surface area contributed by atoms with E-state index in [-0.39, 0.29) is 36.8 Å². The number of benzene rings is 2. The van der Waals surface area contributed by atoms with Gasteiger partial charge in [0.15, 0.2) is 6.61 Å². The molecule has 1 saturated carbocycles. The third-order valence-electron chi connectivity index (χ3n) is 4.41. The second kappa shape index (κ2) is 6.20. The van der Waals surface area contributed by atoms with E-state index in [0.717, 1.165) is 12.8 Å². The van der Waals surface area contributed by atoms with Gasteiger partial charge >= 0.3 is 0 Å². The molecule has 1 heterocycles. The van der Waals surface area contributed by atoms with E-state index in [0.29, 0.717) is 22.6 Å². The Morgan fingerprint density at radius 2 is 2.04 bits per heavy atom. The minimum absolute atomic E-state index is 0.0260. The van der Waals surface area contributed by atoms with E-state index in [1.165, 1.54) is 6.07 Å². The van der Waals surface area contributed by atoms with Gasteiger partial charge in [-0.2, -0.15) is 0 Å². The summed E-state index contributed by atoms with van der Waals surface area (Å²) in [6.45, 7) is 0.206.